The number of ether oxygens (including phenoxy) is 5. The number of rotatable bonds is 32. The molecule has 7 N–H and O–H groups in total. The van der Waals surface area contributed by atoms with Crippen LogP contribution in [0.5, 0.6) is 0 Å². The predicted molar refractivity (Wildman–Crippen MR) is 263 cm³/mol. The van der Waals surface area contributed by atoms with Crippen molar-refractivity contribution in [3.05, 3.63) is 84.1 Å². The van der Waals surface area contributed by atoms with Crippen LogP contribution in [0.25, 0.3) is 0 Å². The number of aliphatic imine (C=N–C) groups is 2. The van der Waals surface area contributed by atoms with Crippen molar-refractivity contribution in [3.63, 3.8) is 0 Å². The fourth-order valence-electron chi connectivity index (χ4n) is 5.81. The minimum absolute atomic E-state index is 0.0868. The molecule has 0 aliphatic carbocycles. The van der Waals surface area contributed by atoms with Gasteiger partial charge < -0.3 is 55.0 Å². The normalized spacial score (nSPS) is 13.1. The van der Waals surface area contributed by atoms with Gasteiger partial charge in [-0.05, 0) is 97.2 Å². The zero-order valence-corrected chi connectivity index (χ0v) is 42.0. The first-order chi connectivity index (χ1) is 32.2. The second-order valence-electron chi connectivity index (χ2n) is 18.1. The van der Waals surface area contributed by atoms with Gasteiger partial charge in [0, 0.05) is 27.4 Å². The number of amidine groups is 1. The van der Waals surface area contributed by atoms with Crippen molar-refractivity contribution in [1.29, 1.82) is 0 Å². The summed E-state index contributed by atoms with van der Waals surface area (Å²) in [5.41, 5.74) is -0.619. The van der Waals surface area contributed by atoms with Crippen LogP contribution in [0.3, 0.4) is 0 Å². The number of carbonyl (C=O) groups excluding carboxylic acids is 4. The maximum absolute atomic E-state index is 14.2. The van der Waals surface area contributed by atoms with E-state index in [4.69, 9.17) is 28.8 Å². The average molecular weight is 957 g/mol. The van der Waals surface area contributed by atoms with E-state index in [0.29, 0.717) is 62.5 Å². The molecule has 2 atom stereocenters. The number of amides is 2. The summed E-state index contributed by atoms with van der Waals surface area (Å²) in [6, 6.07) is 14.9. The van der Waals surface area contributed by atoms with Gasteiger partial charge in [0.05, 0.1) is 49.0 Å². The molecule has 382 valence electrons. The molecule has 0 bridgehead atoms. The van der Waals surface area contributed by atoms with Gasteiger partial charge in [0.15, 0.2) is 23.6 Å². The lowest BCUT2D eigenvalue weighted by molar-refractivity contribution is -0.150. The molecule has 2 amide bonds. The molecule has 2 unspecified atom stereocenters. The van der Waals surface area contributed by atoms with Crippen molar-refractivity contribution < 1.29 is 58.2 Å². The Labute approximate surface area is 403 Å². The zero-order chi connectivity index (χ0) is 51.2. The summed E-state index contributed by atoms with van der Waals surface area (Å²) in [4.78, 5) is 63.0. The molecule has 0 saturated heterocycles. The van der Waals surface area contributed by atoms with Gasteiger partial charge in [-0.15, -0.1) is 0 Å². The fraction of sp³-hybridized carbons (Fsp3) is 0.600. The molecule has 0 spiro atoms. The number of nitrogens with zero attached hydrogens (tertiary/aromatic N) is 2. The highest BCUT2D eigenvalue weighted by Crippen LogP contribution is 2.20. The lowest BCUT2D eigenvalue weighted by atomic mass is 10.0. The summed E-state index contributed by atoms with van der Waals surface area (Å²) < 4.78 is 28.5. The van der Waals surface area contributed by atoms with Crippen molar-refractivity contribution >= 4 is 35.3 Å². The van der Waals surface area contributed by atoms with E-state index in [1.165, 1.54) is 0 Å². The number of carbonyl (C=O) groups is 4. The Hall–Kier alpha value is -5.08. The van der Waals surface area contributed by atoms with Crippen LogP contribution in [0.1, 0.15) is 98.6 Å². The lowest BCUT2D eigenvalue weighted by Gasteiger charge is -2.29. The number of aliphatic hydroxyl groups excluding tert-OH is 3. The molecule has 0 saturated carbocycles. The highest BCUT2D eigenvalue weighted by molar-refractivity contribution is 6.66. The molecule has 0 aromatic heterocycles. The molecule has 0 aliphatic rings. The van der Waals surface area contributed by atoms with Crippen molar-refractivity contribution in [2.24, 2.45) is 15.9 Å². The number of hydrogen-bond donors (Lipinski definition) is 7. The van der Waals surface area contributed by atoms with E-state index in [1.54, 1.807) is 55.6 Å². The van der Waals surface area contributed by atoms with Crippen LogP contribution >= 0.6 is 0 Å². The quantitative estimate of drug-likeness (QED) is 0.0179. The summed E-state index contributed by atoms with van der Waals surface area (Å²) in [6.07, 6.45) is 3.25. The summed E-state index contributed by atoms with van der Waals surface area (Å²) in [6.45, 7) is 19.7. The van der Waals surface area contributed by atoms with E-state index in [9.17, 15) is 29.4 Å². The number of methoxy groups -OCH3 is 1. The van der Waals surface area contributed by atoms with E-state index < -0.39 is 60.3 Å². The van der Waals surface area contributed by atoms with Crippen LogP contribution in [-0.2, 0) is 56.1 Å². The average Bonchev–Trinajstić information content (AvgIpc) is 3.31. The summed E-state index contributed by atoms with van der Waals surface area (Å²) in [7, 11) is 2.66. The van der Waals surface area contributed by atoms with Gasteiger partial charge in [-0.3, -0.25) is 24.9 Å². The number of nitrogens with one attached hydrogen (secondary N) is 4. The third kappa shape index (κ3) is 25.9. The first kappa shape index (κ1) is 60.9. The van der Waals surface area contributed by atoms with Crippen LogP contribution in [0.15, 0.2) is 82.9 Å². The first-order valence-electron chi connectivity index (χ1n) is 23.0. The molecule has 0 fully saturated rings. The minimum Gasteiger partial charge on any atom is -0.459 e. The molecular weight excluding hydrogens is 877 g/mol. The van der Waals surface area contributed by atoms with E-state index in [1.807, 2.05) is 53.7 Å². The molecule has 2 rings (SSSR count). The van der Waals surface area contributed by atoms with Crippen LogP contribution in [0.2, 0.25) is 0 Å². The monoisotopic (exact) mass is 957 g/mol. The van der Waals surface area contributed by atoms with E-state index in [-0.39, 0.29) is 49.3 Å². The largest absolute Gasteiger partial charge is 0.459 e. The molecule has 2 aromatic rings. The number of esters is 2. The Bertz CT molecular complexity index is 1860. The molecule has 18 heteroatoms. The predicted octanol–water partition coefficient (Wildman–Crippen LogP) is 4.15. The van der Waals surface area contributed by atoms with Gasteiger partial charge in [0.25, 0.3) is 11.8 Å². The summed E-state index contributed by atoms with van der Waals surface area (Å²) in [5.74, 6) is -3.34. The maximum Gasteiger partial charge on any atom is 0.331 e. The summed E-state index contributed by atoms with van der Waals surface area (Å²) >= 11 is 0. The highest BCUT2D eigenvalue weighted by Gasteiger charge is 2.29. The number of hydrogen-bond acceptors (Lipinski definition) is 15. The molecule has 0 radical (unpaired) electrons. The lowest BCUT2D eigenvalue weighted by Crippen LogP contribution is -2.52. The molecule has 2 aromatic carbocycles. The molecule has 18 nitrogen and oxygen atoms in total. The van der Waals surface area contributed by atoms with E-state index in [2.05, 4.69) is 51.7 Å². The zero-order valence-electron chi connectivity index (χ0n) is 42.0. The van der Waals surface area contributed by atoms with Gasteiger partial charge in [-0.25, -0.2) is 9.59 Å². The van der Waals surface area contributed by atoms with Crippen LogP contribution in [0.4, 0.5) is 0 Å². The van der Waals surface area contributed by atoms with Gasteiger partial charge in [-0.2, -0.15) is 0 Å². The topological polar surface area (TPSA) is 248 Å². The van der Waals surface area contributed by atoms with Crippen molar-refractivity contribution in [3.8, 4) is 0 Å². The van der Waals surface area contributed by atoms with Gasteiger partial charge >= 0.3 is 11.9 Å². The minimum atomic E-state index is -1.50. The van der Waals surface area contributed by atoms with Crippen LogP contribution < -0.4 is 21.3 Å². The second kappa shape index (κ2) is 32.6. The van der Waals surface area contributed by atoms with E-state index in [0.717, 1.165) is 13.5 Å². The highest BCUT2D eigenvalue weighted by atomic mass is 16.5. The second-order valence-corrected chi connectivity index (χ2v) is 18.1. The Balaban J connectivity index is 0.0000114. The van der Waals surface area contributed by atoms with Gasteiger partial charge in [0.1, 0.15) is 13.2 Å². The smallest absolute Gasteiger partial charge is 0.331 e. The summed E-state index contributed by atoms with van der Waals surface area (Å²) in [5, 5.41) is 38.2. The number of aliphatic hydroxyl groups is 3. The van der Waals surface area contributed by atoms with Crippen molar-refractivity contribution in [1.82, 2.24) is 21.3 Å². The van der Waals surface area contributed by atoms with Crippen molar-refractivity contribution in [2.75, 3.05) is 60.4 Å². The third-order valence-electron chi connectivity index (χ3n) is 10.4. The van der Waals surface area contributed by atoms with E-state index >= 15 is 0 Å². The first-order valence-corrected chi connectivity index (χ1v) is 23.0. The van der Waals surface area contributed by atoms with Crippen LogP contribution in [-0.4, -0.2) is 140 Å². The maximum atomic E-state index is 14.2. The SMILES string of the molecule is C=C(NC(=NCCCC(C)(C)OCCC(C)C)/C(=N\CNCCC(C)(C)OCCC(C)(C)OC)C(=O)NC(CO)C(=O)OCc1ccccc1)C(=O)NC(CO)C(=O)OCc1ccccc1.CO. The number of benzene rings is 2. The molecular formula is C50H80N6O12. The Morgan fingerprint density at radius 1 is 0.691 bits per heavy atom. The molecule has 68 heavy (non-hydrogen) atoms. The fourth-order valence-corrected chi connectivity index (χ4v) is 5.81. The standard InChI is InChI=1S/C49H76N6O11.CH4O/c1-35(2)22-28-65-48(6,7)23-17-26-51-42(53-36(3)43(58)54-39(30-56)45(60)63-32-37-18-13-11-14-19-37)41(52-34-50-27-24-49(8,9)66-29-25-47(4,5)62-10)44(59)55-40(31-57)46(61)64-33-38-20-15-12-16-21-38;1-2/h11-16,18-21,35,39-40,50,56-57H,3,17,22-34H2,1-2,4-10H3,(H,51,53)(H,54,58)(H,55,59);2H,1H3/b52-41+;. The van der Waals surface area contributed by atoms with Crippen LogP contribution in [0, 0.1) is 5.92 Å². The van der Waals surface area contributed by atoms with Gasteiger partial charge in [-0.1, -0.05) is 81.1 Å². The van der Waals surface area contributed by atoms with Gasteiger partial charge in [0.2, 0.25) is 0 Å². The Kier molecular flexibility index (Phi) is 29.2. The Morgan fingerprint density at radius 3 is 1.69 bits per heavy atom. The molecule has 0 heterocycles. The van der Waals surface area contributed by atoms with Crippen molar-refractivity contribution in [2.45, 2.75) is 130 Å². The third-order valence-corrected chi connectivity index (χ3v) is 10.4. The Morgan fingerprint density at radius 2 is 1.19 bits per heavy atom. The molecule has 0 aliphatic heterocycles.